The fourth-order valence-electron chi connectivity index (χ4n) is 1.77. The van der Waals surface area contributed by atoms with Gasteiger partial charge >= 0.3 is 0 Å². The second-order valence-corrected chi connectivity index (χ2v) is 6.11. The van der Waals surface area contributed by atoms with E-state index < -0.39 is 5.76 Å². The Hall–Kier alpha value is -1.66. The molecule has 0 atom stereocenters. The van der Waals surface area contributed by atoms with Crippen molar-refractivity contribution in [3.63, 3.8) is 0 Å². The van der Waals surface area contributed by atoms with Crippen molar-refractivity contribution in [2.45, 2.75) is 10.7 Å². The second kappa shape index (κ2) is 5.76. The van der Waals surface area contributed by atoms with Crippen molar-refractivity contribution in [1.82, 2.24) is 4.98 Å². The number of thiazole rings is 1. The van der Waals surface area contributed by atoms with Gasteiger partial charge in [0, 0.05) is 10.6 Å². The van der Waals surface area contributed by atoms with Crippen LogP contribution in [0.4, 0.5) is 19.6 Å². The molecule has 0 radical (unpaired) electrons. The van der Waals surface area contributed by atoms with E-state index in [0.717, 1.165) is 21.0 Å². The van der Waals surface area contributed by atoms with E-state index in [1.54, 1.807) is 35.6 Å². The second-order valence-electron chi connectivity index (χ2n) is 4.01. The van der Waals surface area contributed by atoms with Gasteiger partial charge < -0.3 is 5.32 Å². The predicted octanol–water partition coefficient (Wildman–Crippen LogP) is 5.35. The zero-order chi connectivity index (χ0) is 13.9. The molecule has 0 unspecified atom stereocenters. The minimum Gasteiger partial charge on any atom is -0.332 e. The van der Waals surface area contributed by atoms with Crippen molar-refractivity contribution in [3.8, 4) is 0 Å². The monoisotopic (exact) mass is 308 g/mol. The van der Waals surface area contributed by atoms with Crippen molar-refractivity contribution in [2.24, 2.45) is 0 Å². The molecule has 0 aliphatic carbocycles. The largest absolute Gasteiger partial charge is 0.332 e. The van der Waals surface area contributed by atoms with Crippen molar-refractivity contribution in [1.29, 1.82) is 0 Å². The van der Waals surface area contributed by atoms with Crippen LogP contribution in [-0.2, 0) is 0 Å². The van der Waals surface area contributed by atoms with E-state index in [1.807, 2.05) is 24.3 Å². The smallest absolute Gasteiger partial charge is 0.288 e. The Morgan fingerprint density at radius 1 is 1.05 bits per heavy atom. The number of hydrogen-bond donors (Lipinski definition) is 1. The Bertz CT molecular complexity index is 678. The Morgan fingerprint density at radius 2 is 1.80 bits per heavy atom. The lowest BCUT2D eigenvalue weighted by molar-refractivity contribution is 0.252. The van der Waals surface area contributed by atoms with E-state index in [0.29, 0.717) is 16.7 Å². The van der Waals surface area contributed by atoms with E-state index in [-0.39, 0.29) is 0 Å². The molecule has 20 heavy (non-hydrogen) atoms. The third-order valence-electron chi connectivity index (χ3n) is 2.62. The maximum atomic E-state index is 12.2. The molecule has 1 heterocycles. The highest BCUT2D eigenvalue weighted by Gasteiger charge is 2.06. The van der Waals surface area contributed by atoms with E-state index >= 15 is 0 Å². The molecule has 0 aliphatic rings. The maximum absolute atomic E-state index is 12.2. The van der Waals surface area contributed by atoms with Gasteiger partial charge in [0.15, 0.2) is 5.13 Å². The van der Waals surface area contributed by atoms with Crippen LogP contribution in [0, 0.1) is 0 Å². The summed E-state index contributed by atoms with van der Waals surface area (Å²) in [5.41, 5.74) is 1.78. The van der Waals surface area contributed by atoms with Crippen LogP contribution >= 0.6 is 23.1 Å². The highest BCUT2D eigenvalue weighted by Crippen LogP contribution is 2.30. The summed E-state index contributed by atoms with van der Waals surface area (Å²) in [6.45, 7) is 0. The van der Waals surface area contributed by atoms with Crippen LogP contribution in [0.25, 0.3) is 10.2 Å². The summed E-state index contributed by atoms with van der Waals surface area (Å²) in [5, 5.41) is 3.98. The molecule has 102 valence electrons. The summed E-state index contributed by atoms with van der Waals surface area (Å²) in [7, 11) is 0. The summed E-state index contributed by atoms with van der Waals surface area (Å²) in [6, 6.07) is 14.8. The summed E-state index contributed by atoms with van der Waals surface area (Å²) in [5.74, 6) is -2.39. The standard InChI is InChI=1S/C14H10F2N2S2/c15-13(16)19-10-7-5-9(6-8-10)17-14-18-11-3-1-2-4-12(11)20-14/h1-8,13H,(H,17,18). The zero-order valence-corrected chi connectivity index (χ0v) is 11.8. The lowest BCUT2D eigenvalue weighted by Crippen LogP contribution is -1.89. The number of thioether (sulfide) groups is 1. The highest BCUT2D eigenvalue weighted by molar-refractivity contribution is 7.99. The average molecular weight is 308 g/mol. The summed E-state index contributed by atoms with van der Waals surface area (Å²) in [4.78, 5) is 5.01. The summed E-state index contributed by atoms with van der Waals surface area (Å²) >= 11 is 2.10. The van der Waals surface area contributed by atoms with Crippen molar-refractivity contribution in [2.75, 3.05) is 5.32 Å². The number of halogens is 2. The van der Waals surface area contributed by atoms with Crippen LogP contribution in [0.1, 0.15) is 0 Å². The van der Waals surface area contributed by atoms with Crippen LogP contribution in [0.3, 0.4) is 0 Å². The summed E-state index contributed by atoms with van der Waals surface area (Å²) < 4.78 is 25.6. The van der Waals surface area contributed by atoms with Crippen molar-refractivity contribution in [3.05, 3.63) is 48.5 Å². The van der Waals surface area contributed by atoms with Crippen LogP contribution < -0.4 is 5.32 Å². The molecule has 0 spiro atoms. The molecular formula is C14H10F2N2S2. The molecule has 0 saturated heterocycles. The molecule has 1 N–H and O–H groups in total. The van der Waals surface area contributed by atoms with Gasteiger partial charge in [-0.05, 0) is 36.4 Å². The number of alkyl halides is 2. The Labute approximate surface area is 122 Å². The first-order valence-electron chi connectivity index (χ1n) is 5.88. The molecular weight excluding hydrogens is 298 g/mol. The molecule has 0 bridgehead atoms. The van der Waals surface area contributed by atoms with Gasteiger partial charge in [-0.2, -0.15) is 8.78 Å². The van der Waals surface area contributed by atoms with Crippen molar-refractivity contribution >= 4 is 44.1 Å². The number of para-hydroxylation sites is 1. The number of fused-ring (bicyclic) bond motifs is 1. The van der Waals surface area contributed by atoms with Gasteiger partial charge in [0.05, 0.1) is 10.2 Å². The van der Waals surface area contributed by atoms with Crippen molar-refractivity contribution < 1.29 is 8.78 Å². The first-order chi connectivity index (χ1) is 9.70. The molecule has 0 aliphatic heterocycles. The van der Waals surface area contributed by atoms with Gasteiger partial charge in [0.1, 0.15) is 0 Å². The molecule has 6 heteroatoms. The Balaban J connectivity index is 1.76. The number of anilines is 2. The fourth-order valence-corrected chi connectivity index (χ4v) is 3.15. The number of nitrogens with one attached hydrogen (secondary N) is 1. The quantitative estimate of drug-likeness (QED) is 0.657. The maximum Gasteiger partial charge on any atom is 0.288 e. The van der Waals surface area contributed by atoms with Crippen LogP contribution in [0.15, 0.2) is 53.4 Å². The molecule has 2 nitrogen and oxygen atoms in total. The molecule has 0 fully saturated rings. The minimum atomic E-state index is -2.39. The SMILES string of the molecule is FC(F)Sc1ccc(Nc2nc3ccccc3s2)cc1. The third-order valence-corrected chi connectivity index (χ3v) is 4.30. The number of benzene rings is 2. The van der Waals surface area contributed by atoms with Gasteiger partial charge in [0.25, 0.3) is 5.76 Å². The zero-order valence-electron chi connectivity index (χ0n) is 10.2. The fraction of sp³-hybridized carbons (Fsp3) is 0.0714. The first-order valence-corrected chi connectivity index (χ1v) is 7.58. The Kier molecular flexibility index (Phi) is 3.84. The number of hydrogen-bond acceptors (Lipinski definition) is 4. The lowest BCUT2D eigenvalue weighted by atomic mass is 10.3. The molecule has 0 saturated carbocycles. The Morgan fingerprint density at radius 3 is 2.50 bits per heavy atom. The summed E-state index contributed by atoms with van der Waals surface area (Å²) in [6.07, 6.45) is 0. The molecule has 1 aromatic heterocycles. The molecule has 3 rings (SSSR count). The van der Waals surface area contributed by atoms with E-state index in [1.165, 1.54) is 0 Å². The number of aromatic nitrogens is 1. The van der Waals surface area contributed by atoms with Crippen LogP contribution in [0.2, 0.25) is 0 Å². The first kappa shape index (κ1) is 13.3. The number of nitrogens with zero attached hydrogens (tertiary/aromatic N) is 1. The van der Waals surface area contributed by atoms with Gasteiger partial charge in [-0.15, -0.1) is 0 Å². The van der Waals surface area contributed by atoms with Gasteiger partial charge in [-0.25, -0.2) is 4.98 Å². The molecule has 0 amide bonds. The van der Waals surface area contributed by atoms with E-state index in [4.69, 9.17) is 0 Å². The van der Waals surface area contributed by atoms with Crippen LogP contribution in [-0.4, -0.2) is 10.7 Å². The van der Waals surface area contributed by atoms with Crippen LogP contribution in [0.5, 0.6) is 0 Å². The van der Waals surface area contributed by atoms with Gasteiger partial charge in [0.2, 0.25) is 0 Å². The molecule has 3 aromatic rings. The minimum absolute atomic E-state index is 0.543. The van der Waals surface area contributed by atoms with E-state index in [9.17, 15) is 8.78 Å². The van der Waals surface area contributed by atoms with Gasteiger partial charge in [-0.3, -0.25) is 0 Å². The number of rotatable bonds is 4. The highest BCUT2D eigenvalue weighted by atomic mass is 32.2. The topological polar surface area (TPSA) is 24.9 Å². The van der Waals surface area contributed by atoms with Gasteiger partial charge in [-0.1, -0.05) is 35.2 Å². The average Bonchev–Trinajstić information content (AvgIpc) is 2.82. The molecule has 2 aromatic carbocycles. The predicted molar refractivity (Wildman–Crippen MR) is 81.2 cm³/mol. The normalized spacial score (nSPS) is 11.2. The lowest BCUT2D eigenvalue weighted by Gasteiger charge is -2.04. The van der Waals surface area contributed by atoms with E-state index in [2.05, 4.69) is 10.3 Å². The third kappa shape index (κ3) is 3.08.